The highest BCUT2D eigenvalue weighted by Crippen LogP contribution is 2.27. The summed E-state index contributed by atoms with van der Waals surface area (Å²) in [6.45, 7) is 22.0. The van der Waals surface area contributed by atoms with E-state index in [4.69, 9.17) is 4.12 Å². The number of rotatable bonds is 8. The minimum absolute atomic E-state index is 0.350. The van der Waals surface area contributed by atoms with E-state index in [-0.39, 0.29) is 8.80 Å². The zero-order chi connectivity index (χ0) is 14.6. The largest absolute Gasteiger partial charge is 0.456 e. The van der Waals surface area contributed by atoms with Gasteiger partial charge in [0, 0.05) is 16.9 Å². The lowest BCUT2D eigenvalue weighted by molar-refractivity contribution is 0.550. The van der Waals surface area contributed by atoms with Gasteiger partial charge < -0.3 is 4.12 Å². The molecular weight excluding hydrogens is 284 g/mol. The van der Waals surface area contributed by atoms with E-state index in [1.807, 2.05) is 0 Å². The Morgan fingerprint density at radius 2 is 1.28 bits per heavy atom. The molecule has 5 heteroatoms. The molecule has 0 aromatic carbocycles. The molecule has 0 spiro atoms. The fraction of sp³-hybridized carbons (Fsp3) is 1.00. The highest BCUT2D eigenvalue weighted by atomic mass is 28.4. The van der Waals surface area contributed by atoms with Crippen LogP contribution in [0.3, 0.4) is 0 Å². The highest BCUT2D eigenvalue weighted by molar-refractivity contribution is 6.86. The van der Waals surface area contributed by atoms with Gasteiger partial charge >= 0.3 is 0 Å². The fourth-order valence-corrected chi connectivity index (χ4v) is 20.2. The summed E-state index contributed by atoms with van der Waals surface area (Å²) in [5.74, 6) is 0. The average Bonchev–Trinajstić information content (AvgIpc) is 2.09. The monoisotopic (exact) mass is 320 g/mol. The summed E-state index contributed by atoms with van der Waals surface area (Å²) in [6, 6.07) is 5.97. The van der Waals surface area contributed by atoms with Gasteiger partial charge in [0.1, 0.15) is 0 Å². The molecule has 0 aliphatic heterocycles. The Balaban J connectivity index is 4.20. The Hall–Kier alpha value is 0.828. The van der Waals surface area contributed by atoms with E-state index in [2.05, 4.69) is 58.9 Å². The van der Waals surface area contributed by atoms with Gasteiger partial charge in [-0.3, -0.25) is 0 Å². The molecule has 0 fully saturated rings. The Kier molecular flexibility index (Phi) is 7.34. The highest BCUT2D eigenvalue weighted by Gasteiger charge is 2.32. The van der Waals surface area contributed by atoms with Crippen LogP contribution in [-0.2, 0) is 4.12 Å². The SMILES string of the molecule is C[SiH](C)CC[Si](C)(C)CC[Si](C)(C)O[Si](C)(C)C. The van der Waals surface area contributed by atoms with Gasteiger partial charge in [-0.25, -0.2) is 0 Å². The summed E-state index contributed by atoms with van der Waals surface area (Å²) in [5.41, 5.74) is 0. The van der Waals surface area contributed by atoms with Crippen molar-refractivity contribution >= 4 is 33.5 Å². The van der Waals surface area contributed by atoms with E-state index < -0.39 is 24.7 Å². The molecule has 0 radical (unpaired) electrons. The van der Waals surface area contributed by atoms with Gasteiger partial charge in [0.15, 0.2) is 16.6 Å². The summed E-state index contributed by atoms with van der Waals surface area (Å²) in [7, 11) is -4.03. The van der Waals surface area contributed by atoms with E-state index in [9.17, 15) is 0 Å². The zero-order valence-electron chi connectivity index (χ0n) is 14.3. The smallest absolute Gasteiger partial charge is 0.173 e. The molecule has 0 atom stereocenters. The molecule has 0 aliphatic rings. The molecule has 0 N–H and O–H groups in total. The van der Waals surface area contributed by atoms with Crippen LogP contribution in [0.25, 0.3) is 0 Å². The molecule has 0 aromatic rings. The first-order valence-electron chi connectivity index (χ1n) is 7.53. The topological polar surface area (TPSA) is 9.23 Å². The van der Waals surface area contributed by atoms with Gasteiger partial charge in [0.05, 0.1) is 0 Å². The van der Waals surface area contributed by atoms with Crippen molar-refractivity contribution in [2.75, 3.05) is 0 Å². The molecule has 0 saturated heterocycles. The van der Waals surface area contributed by atoms with Crippen LogP contribution in [-0.4, -0.2) is 33.5 Å². The van der Waals surface area contributed by atoms with E-state index in [0.29, 0.717) is 0 Å². The van der Waals surface area contributed by atoms with Crippen LogP contribution in [0.15, 0.2) is 0 Å². The first kappa shape index (κ1) is 18.8. The normalized spacial score (nSPS) is 14.3. The van der Waals surface area contributed by atoms with Crippen molar-refractivity contribution in [1.29, 1.82) is 0 Å². The predicted molar refractivity (Wildman–Crippen MR) is 97.5 cm³/mol. The van der Waals surface area contributed by atoms with E-state index in [1.54, 1.807) is 12.1 Å². The summed E-state index contributed by atoms with van der Waals surface area (Å²) in [6.07, 6.45) is 0. The second kappa shape index (κ2) is 7.01. The molecule has 0 unspecified atom stereocenters. The molecule has 110 valence electrons. The molecular formula is C13H36OSi4. The molecule has 0 amide bonds. The maximum atomic E-state index is 6.45. The predicted octanol–water partition coefficient (Wildman–Crippen LogP) is 5.24. The van der Waals surface area contributed by atoms with Gasteiger partial charge in [0.2, 0.25) is 0 Å². The van der Waals surface area contributed by atoms with Crippen LogP contribution < -0.4 is 0 Å². The fourth-order valence-electron chi connectivity index (χ4n) is 2.32. The van der Waals surface area contributed by atoms with Crippen LogP contribution in [0.5, 0.6) is 0 Å². The summed E-state index contributed by atoms with van der Waals surface area (Å²) in [5, 5.41) is 0. The first-order chi connectivity index (χ1) is 7.83. The van der Waals surface area contributed by atoms with Crippen molar-refractivity contribution in [2.45, 2.75) is 83.1 Å². The molecule has 0 saturated carbocycles. The van der Waals surface area contributed by atoms with E-state index >= 15 is 0 Å². The van der Waals surface area contributed by atoms with Gasteiger partial charge in [-0.1, -0.05) is 44.3 Å². The molecule has 0 heterocycles. The second-order valence-electron chi connectivity index (χ2n) is 8.57. The quantitative estimate of drug-likeness (QED) is 0.556. The Morgan fingerprint density at radius 3 is 1.67 bits per heavy atom. The number of hydrogen-bond donors (Lipinski definition) is 0. The third kappa shape index (κ3) is 10.7. The van der Waals surface area contributed by atoms with Gasteiger partial charge in [-0.15, -0.1) is 0 Å². The Morgan fingerprint density at radius 1 is 0.778 bits per heavy atom. The number of hydrogen-bond acceptors (Lipinski definition) is 1. The van der Waals surface area contributed by atoms with Crippen molar-refractivity contribution in [3.8, 4) is 0 Å². The van der Waals surface area contributed by atoms with E-state index in [0.717, 1.165) is 0 Å². The summed E-state index contributed by atoms with van der Waals surface area (Å²) in [4.78, 5) is 0. The van der Waals surface area contributed by atoms with Crippen molar-refractivity contribution in [3.63, 3.8) is 0 Å². The third-order valence-corrected chi connectivity index (χ3v) is 15.3. The minimum Gasteiger partial charge on any atom is -0.456 e. The lowest BCUT2D eigenvalue weighted by Crippen LogP contribution is -2.43. The maximum absolute atomic E-state index is 6.45. The van der Waals surface area contributed by atoms with Crippen molar-refractivity contribution in [2.24, 2.45) is 0 Å². The van der Waals surface area contributed by atoms with Crippen molar-refractivity contribution in [1.82, 2.24) is 0 Å². The van der Waals surface area contributed by atoms with Crippen LogP contribution in [0, 0.1) is 0 Å². The average molecular weight is 321 g/mol. The summed E-state index contributed by atoms with van der Waals surface area (Å²) >= 11 is 0. The Bertz CT molecular complexity index is 244. The van der Waals surface area contributed by atoms with Gasteiger partial charge in [-0.2, -0.15) is 0 Å². The molecule has 0 rings (SSSR count). The van der Waals surface area contributed by atoms with Crippen molar-refractivity contribution < 1.29 is 4.12 Å². The third-order valence-electron chi connectivity index (χ3n) is 3.38. The molecule has 0 bridgehead atoms. The molecule has 18 heavy (non-hydrogen) atoms. The standard InChI is InChI=1S/C13H36OSi4/c1-15(2)10-11-17(6,7)12-13-18(8,9)14-16(3,4)5/h15H,10-13H2,1-9H3. The van der Waals surface area contributed by atoms with Crippen LogP contribution in [0.2, 0.25) is 83.1 Å². The first-order valence-corrected chi connectivity index (χ1v) is 20.6. The van der Waals surface area contributed by atoms with E-state index in [1.165, 1.54) is 12.1 Å². The lowest BCUT2D eigenvalue weighted by atomic mass is 10.9. The summed E-state index contributed by atoms with van der Waals surface area (Å²) < 4.78 is 6.45. The maximum Gasteiger partial charge on any atom is 0.173 e. The zero-order valence-corrected chi connectivity index (χ0v) is 18.5. The van der Waals surface area contributed by atoms with Gasteiger partial charge in [0.25, 0.3) is 0 Å². The van der Waals surface area contributed by atoms with Crippen LogP contribution in [0.4, 0.5) is 0 Å². The molecule has 0 aromatic heterocycles. The van der Waals surface area contributed by atoms with Gasteiger partial charge in [-0.05, 0) is 38.8 Å². The van der Waals surface area contributed by atoms with Crippen LogP contribution >= 0.6 is 0 Å². The Labute approximate surface area is 121 Å². The minimum atomic E-state index is -1.40. The van der Waals surface area contributed by atoms with Crippen LogP contribution in [0.1, 0.15) is 0 Å². The van der Waals surface area contributed by atoms with Crippen molar-refractivity contribution in [3.05, 3.63) is 0 Å². The lowest BCUT2D eigenvalue weighted by Gasteiger charge is -2.34. The second-order valence-corrected chi connectivity index (χ2v) is 26.3. The molecule has 1 nitrogen and oxygen atoms in total. The molecule has 0 aliphatic carbocycles.